The van der Waals surface area contributed by atoms with Gasteiger partial charge in [0.2, 0.25) is 5.91 Å². The van der Waals surface area contributed by atoms with E-state index in [9.17, 15) is 24.3 Å². The molecule has 0 aromatic heterocycles. The first-order valence-electron chi connectivity index (χ1n) is 14.8. The molecule has 2 saturated carbocycles. The van der Waals surface area contributed by atoms with Crippen molar-refractivity contribution < 1.29 is 33.8 Å². The molecule has 0 bridgehead atoms. The molecule has 2 aliphatic carbocycles. The summed E-state index contributed by atoms with van der Waals surface area (Å²) < 4.78 is 11.1. The van der Waals surface area contributed by atoms with Crippen LogP contribution >= 0.6 is 0 Å². The summed E-state index contributed by atoms with van der Waals surface area (Å²) in [6.07, 6.45) is 6.03. The van der Waals surface area contributed by atoms with Gasteiger partial charge in [-0.3, -0.25) is 19.2 Å². The summed E-state index contributed by atoms with van der Waals surface area (Å²) in [7, 11) is 0. The molecule has 0 saturated heterocycles. The Kier molecular flexibility index (Phi) is 10.9. The van der Waals surface area contributed by atoms with E-state index in [2.05, 4.69) is 5.32 Å². The Balaban J connectivity index is 1.31. The first-order chi connectivity index (χ1) is 19.8. The lowest BCUT2D eigenvalue weighted by Gasteiger charge is -2.35. The average molecular weight is 564 g/mol. The van der Waals surface area contributed by atoms with E-state index in [0.717, 1.165) is 24.0 Å². The third-order valence-corrected chi connectivity index (χ3v) is 8.56. The minimum atomic E-state index is -0.977. The lowest BCUT2D eigenvalue weighted by molar-refractivity contribution is -0.153. The molecule has 8 nitrogen and oxygen atoms in total. The van der Waals surface area contributed by atoms with Gasteiger partial charge in [-0.05, 0) is 62.5 Å². The van der Waals surface area contributed by atoms with Crippen LogP contribution in [-0.4, -0.2) is 35.0 Å². The number of esters is 2. The maximum Gasteiger partial charge on any atom is 0.309 e. The Morgan fingerprint density at radius 1 is 0.829 bits per heavy atom. The molecule has 2 aromatic carbocycles. The Labute approximate surface area is 241 Å². The van der Waals surface area contributed by atoms with Crippen molar-refractivity contribution >= 4 is 23.8 Å². The van der Waals surface area contributed by atoms with Crippen molar-refractivity contribution in [1.29, 1.82) is 0 Å². The number of nitrogens with one attached hydrogen (secondary N) is 1. The van der Waals surface area contributed by atoms with Crippen LogP contribution in [-0.2, 0) is 41.9 Å². The molecule has 2 aromatic rings. The number of carboxylic acids is 1. The smallest absolute Gasteiger partial charge is 0.309 e. The van der Waals surface area contributed by atoms with E-state index in [4.69, 9.17) is 9.47 Å². The topological polar surface area (TPSA) is 119 Å². The molecule has 2 aliphatic rings. The minimum absolute atomic E-state index is 0.0411. The van der Waals surface area contributed by atoms with Crippen LogP contribution in [0.3, 0.4) is 0 Å². The van der Waals surface area contributed by atoms with Crippen LogP contribution in [0.15, 0.2) is 60.7 Å². The summed E-state index contributed by atoms with van der Waals surface area (Å²) in [5, 5.41) is 12.5. The van der Waals surface area contributed by atoms with E-state index >= 15 is 0 Å². The number of hydrogen-bond donors (Lipinski definition) is 2. The zero-order valence-corrected chi connectivity index (χ0v) is 23.6. The lowest BCUT2D eigenvalue weighted by atomic mass is 9.75. The van der Waals surface area contributed by atoms with Crippen LogP contribution in [0.4, 0.5) is 0 Å². The second kappa shape index (κ2) is 14.8. The van der Waals surface area contributed by atoms with Gasteiger partial charge < -0.3 is 19.9 Å². The Hall–Kier alpha value is -3.68. The number of hydrogen-bond acceptors (Lipinski definition) is 6. The molecular weight excluding hydrogens is 522 g/mol. The third kappa shape index (κ3) is 8.90. The number of carboxylic acid groups (broad SMARTS) is 1. The van der Waals surface area contributed by atoms with Gasteiger partial charge >= 0.3 is 17.9 Å². The van der Waals surface area contributed by atoms with Crippen molar-refractivity contribution in [2.24, 2.45) is 17.3 Å². The second-order valence-electron chi connectivity index (χ2n) is 11.5. The average Bonchev–Trinajstić information content (AvgIpc) is 3.48. The minimum Gasteiger partial charge on any atom is -0.481 e. The van der Waals surface area contributed by atoms with Crippen LogP contribution in [0.5, 0.6) is 0 Å². The van der Waals surface area contributed by atoms with E-state index in [1.54, 1.807) is 0 Å². The van der Waals surface area contributed by atoms with Gasteiger partial charge in [0.1, 0.15) is 13.2 Å². The Morgan fingerprint density at radius 3 is 1.95 bits per heavy atom. The molecule has 0 radical (unpaired) electrons. The van der Waals surface area contributed by atoms with Crippen molar-refractivity contribution in [2.75, 3.05) is 0 Å². The van der Waals surface area contributed by atoms with Gasteiger partial charge in [-0.2, -0.15) is 0 Å². The number of rotatable bonds is 13. The fourth-order valence-corrected chi connectivity index (χ4v) is 6.15. The molecule has 0 heterocycles. The number of carbonyl (C=O) groups excluding carboxylic acids is 3. The van der Waals surface area contributed by atoms with Crippen LogP contribution in [0.1, 0.15) is 81.8 Å². The molecule has 2 fully saturated rings. The Morgan fingerprint density at radius 2 is 1.39 bits per heavy atom. The fraction of sp³-hybridized carbons (Fsp3) is 0.515. The van der Waals surface area contributed by atoms with E-state index in [0.29, 0.717) is 38.5 Å². The van der Waals surface area contributed by atoms with Crippen LogP contribution in [0.2, 0.25) is 0 Å². The molecule has 8 heteroatoms. The van der Waals surface area contributed by atoms with Gasteiger partial charge in [0.05, 0.1) is 17.3 Å². The molecule has 1 atom stereocenters. The lowest BCUT2D eigenvalue weighted by Crippen LogP contribution is -2.47. The van der Waals surface area contributed by atoms with Gasteiger partial charge in [0.25, 0.3) is 0 Å². The highest BCUT2D eigenvalue weighted by Gasteiger charge is 2.45. The largest absolute Gasteiger partial charge is 0.481 e. The van der Waals surface area contributed by atoms with Crippen molar-refractivity contribution in [3.05, 3.63) is 71.8 Å². The van der Waals surface area contributed by atoms with Gasteiger partial charge in [-0.1, -0.05) is 73.5 Å². The highest BCUT2D eigenvalue weighted by Crippen LogP contribution is 2.45. The fourth-order valence-electron chi connectivity index (χ4n) is 6.15. The number of aliphatic carboxylic acids is 1. The summed E-state index contributed by atoms with van der Waals surface area (Å²) in [5.41, 5.74) is 1.08. The van der Waals surface area contributed by atoms with E-state index in [1.165, 1.54) is 0 Å². The normalized spacial score (nSPS) is 20.5. The highest BCUT2D eigenvalue weighted by molar-refractivity contribution is 5.84. The predicted molar refractivity (Wildman–Crippen MR) is 152 cm³/mol. The summed E-state index contributed by atoms with van der Waals surface area (Å²) in [6, 6.07) is 18.9. The third-order valence-electron chi connectivity index (χ3n) is 8.56. The van der Waals surface area contributed by atoms with Gasteiger partial charge in [0, 0.05) is 12.5 Å². The molecular formula is C33H41NO7. The van der Waals surface area contributed by atoms with Gasteiger partial charge in [-0.25, -0.2) is 0 Å². The van der Waals surface area contributed by atoms with Crippen molar-refractivity contribution in [3.63, 3.8) is 0 Å². The quantitative estimate of drug-likeness (QED) is 0.305. The maximum absolute atomic E-state index is 13.7. The number of carbonyl (C=O) groups is 4. The first-order valence-corrected chi connectivity index (χ1v) is 14.8. The van der Waals surface area contributed by atoms with Crippen molar-refractivity contribution in [2.45, 2.75) is 89.9 Å². The number of benzene rings is 2. The molecule has 1 amide bonds. The Bertz CT molecular complexity index is 1150. The summed E-state index contributed by atoms with van der Waals surface area (Å²) in [5.74, 6) is -2.54. The van der Waals surface area contributed by atoms with E-state index in [1.807, 2.05) is 60.7 Å². The zero-order chi connectivity index (χ0) is 29.1. The van der Waals surface area contributed by atoms with Crippen molar-refractivity contribution in [3.8, 4) is 0 Å². The molecule has 0 spiro atoms. The molecule has 41 heavy (non-hydrogen) atoms. The number of amides is 1. The molecule has 0 aliphatic heterocycles. The predicted octanol–water partition coefficient (Wildman–Crippen LogP) is 5.58. The van der Waals surface area contributed by atoms with Gasteiger partial charge in [-0.15, -0.1) is 0 Å². The van der Waals surface area contributed by atoms with Crippen molar-refractivity contribution in [1.82, 2.24) is 5.32 Å². The summed E-state index contributed by atoms with van der Waals surface area (Å²) in [6.45, 7) is 0.370. The molecule has 1 unspecified atom stereocenters. The standard InChI is InChI=1S/C33H41NO7/c35-29(36)18-15-27(31(38)41-23-25-11-5-2-6-12-25)21-33(19-7-8-20-33)32(39)34-28-16-13-26(14-17-28)30(37)40-22-24-9-3-1-4-10-24/h1-6,9-12,26-28H,7-8,13-23H2,(H,34,39)(H,35,36). The molecule has 220 valence electrons. The maximum atomic E-state index is 13.7. The summed E-state index contributed by atoms with van der Waals surface area (Å²) in [4.78, 5) is 50.8. The van der Waals surface area contributed by atoms with Crippen LogP contribution in [0, 0.1) is 17.3 Å². The van der Waals surface area contributed by atoms with Crippen LogP contribution in [0.25, 0.3) is 0 Å². The van der Waals surface area contributed by atoms with Crippen LogP contribution < -0.4 is 5.32 Å². The second-order valence-corrected chi connectivity index (χ2v) is 11.5. The molecule has 4 rings (SSSR count). The zero-order valence-electron chi connectivity index (χ0n) is 23.6. The molecule has 2 N–H and O–H groups in total. The highest BCUT2D eigenvalue weighted by atomic mass is 16.5. The summed E-state index contributed by atoms with van der Waals surface area (Å²) >= 11 is 0. The monoisotopic (exact) mass is 563 g/mol. The van der Waals surface area contributed by atoms with E-state index in [-0.39, 0.29) is 56.3 Å². The number of ether oxygens (including phenoxy) is 2. The first kappa shape index (κ1) is 30.3. The van der Waals surface area contributed by atoms with Gasteiger partial charge in [0.15, 0.2) is 0 Å². The van der Waals surface area contributed by atoms with E-state index < -0.39 is 23.3 Å². The SMILES string of the molecule is O=C(O)CCC(CC1(C(=O)NC2CCC(C(=O)OCc3ccccc3)CC2)CCCC1)C(=O)OCc1ccccc1.